The van der Waals surface area contributed by atoms with Crippen LogP contribution >= 0.6 is 0 Å². The molecule has 6 aromatic carbocycles. The summed E-state index contributed by atoms with van der Waals surface area (Å²) >= 11 is 0. The van der Waals surface area contributed by atoms with Crippen molar-refractivity contribution in [3.05, 3.63) is 182 Å². The Labute approximate surface area is 270 Å². The molecular weight excluding hydrogens is 575 g/mol. The maximum Gasteiger partial charge on any atom is 0.184 e. The van der Waals surface area contributed by atoms with E-state index in [1.807, 2.05) is 6.07 Å². The largest absolute Gasteiger partial charge is 0.310 e. The van der Waals surface area contributed by atoms with E-state index in [1.165, 1.54) is 32.1 Å². The van der Waals surface area contributed by atoms with Crippen LogP contribution in [0.5, 0.6) is 0 Å². The molecule has 0 atom stereocenters. The predicted molar refractivity (Wildman–Crippen MR) is 192 cm³/mol. The van der Waals surface area contributed by atoms with Crippen LogP contribution in [-0.4, -0.2) is 13.1 Å². The molecule has 1 aliphatic heterocycles. The molecule has 0 saturated carbocycles. The minimum absolute atomic E-state index is 0.607. The smallest absolute Gasteiger partial charge is 0.184 e. The normalized spacial score (nSPS) is 12.9. The first-order valence-electron chi connectivity index (χ1n) is 15.5. The first-order valence-corrected chi connectivity index (χ1v) is 17.5. The molecule has 46 heavy (non-hydrogen) atoms. The minimum atomic E-state index is -2.71. The van der Waals surface area contributed by atoms with Gasteiger partial charge in [0, 0.05) is 34.9 Å². The van der Waals surface area contributed by atoms with Crippen molar-refractivity contribution in [2.24, 2.45) is 0 Å². The zero-order chi connectivity index (χ0) is 30.9. The minimum Gasteiger partial charge on any atom is -0.310 e. The lowest BCUT2D eigenvalue weighted by Gasteiger charge is -2.45. The van der Waals surface area contributed by atoms with Gasteiger partial charge in [-0.25, -0.2) is 0 Å². The van der Waals surface area contributed by atoms with Crippen LogP contribution in [0, 0.1) is 11.3 Å². The van der Waals surface area contributed by atoms with Gasteiger partial charge in [0.2, 0.25) is 0 Å². The van der Waals surface area contributed by atoms with Crippen LogP contribution < -0.4 is 25.6 Å². The Morgan fingerprint density at radius 1 is 0.457 bits per heavy atom. The van der Waals surface area contributed by atoms with E-state index >= 15 is 0 Å². The Morgan fingerprint density at radius 3 is 1.48 bits per heavy atom. The second-order valence-electron chi connectivity index (χ2n) is 11.4. The number of benzene rings is 6. The Bertz CT molecular complexity index is 2150. The highest BCUT2D eigenvalue weighted by atomic mass is 28.3. The third-order valence-corrected chi connectivity index (χ3v) is 14.0. The molecule has 0 aliphatic carbocycles. The van der Waals surface area contributed by atoms with Gasteiger partial charge >= 0.3 is 0 Å². The molecule has 3 nitrogen and oxygen atoms in total. The number of nitrogens with zero attached hydrogens (tertiary/aromatic N) is 3. The summed E-state index contributed by atoms with van der Waals surface area (Å²) in [5, 5.41) is 15.4. The van der Waals surface area contributed by atoms with Crippen molar-refractivity contribution in [2.45, 2.75) is 0 Å². The van der Waals surface area contributed by atoms with E-state index in [0.29, 0.717) is 5.56 Å². The van der Waals surface area contributed by atoms with Crippen molar-refractivity contribution in [3.8, 4) is 28.3 Å². The number of hydrogen-bond donors (Lipinski definition) is 0. The summed E-state index contributed by atoms with van der Waals surface area (Å²) in [5.74, 6) is 0. The Balaban J connectivity index is 1.43. The molecule has 0 spiro atoms. The number of nitriles is 1. The summed E-state index contributed by atoms with van der Waals surface area (Å²) in [6.45, 7) is 0. The van der Waals surface area contributed by atoms with Crippen molar-refractivity contribution in [3.63, 3.8) is 0 Å². The molecule has 0 saturated heterocycles. The van der Waals surface area contributed by atoms with Gasteiger partial charge < -0.3 is 4.90 Å². The molecule has 0 amide bonds. The fraction of sp³-hybridized carbons (Fsp3) is 0. The number of anilines is 3. The summed E-state index contributed by atoms with van der Waals surface area (Å²) in [4.78, 5) is 6.84. The topological polar surface area (TPSA) is 39.9 Å². The highest BCUT2D eigenvalue weighted by molar-refractivity contribution is 7.21. The number of aromatic nitrogens is 1. The lowest BCUT2D eigenvalue weighted by molar-refractivity contribution is 1.29. The van der Waals surface area contributed by atoms with E-state index in [4.69, 9.17) is 0 Å². The second kappa shape index (κ2) is 11.5. The van der Waals surface area contributed by atoms with Gasteiger partial charge in [-0.15, -0.1) is 0 Å². The van der Waals surface area contributed by atoms with Gasteiger partial charge in [0.1, 0.15) is 0 Å². The first-order chi connectivity index (χ1) is 22.8. The quantitative estimate of drug-likeness (QED) is 0.192. The molecule has 0 N–H and O–H groups in total. The number of fused-ring (bicyclic) bond motifs is 2. The Kier molecular flexibility index (Phi) is 6.87. The van der Waals surface area contributed by atoms with Crippen LogP contribution in [0.25, 0.3) is 22.3 Å². The first kappa shape index (κ1) is 27.5. The van der Waals surface area contributed by atoms with Crippen LogP contribution in [0.1, 0.15) is 5.56 Å². The van der Waals surface area contributed by atoms with Crippen molar-refractivity contribution < 1.29 is 0 Å². The molecule has 7 aromatic rings. The molecule has 8 rings (SSSR count). The monoisotopic (exact) mass is 603 g/mol. The van der Waals surface area contributed by atoms with E-state index < -0.39 is 8.07 Å². The van der Waals surface area contributed by atoms with Crippen LogP contribution in [0.3, 0.4) is 0 Å². The highest BCUT2D eigenvalue weighted by Gasteiger charge is 2.48. The molecule has 1 aromatic heterocycles. The van der Waals surface area contributed by atoms with Gasteiger partial charge in [0.25, 0.3) is 0 Å². The van der Waals surface area contributed by atoms with Crippen molar-refractivity contribution >= 4 is 45.9 Å². The van der Waals surface area contributed by atoms with Gasteiger partial charge in [-0.3, -0.25) is 4.98 Å². The van der Waals surface area contributed by atoms with Crippen LogP contribution in [0.2, 0.25) is 0 Å². The zero-order valence-electron chi connectivity index (χ0n) is 25.1. The predicted octanol–water partition coefficient (Wildman–Crippen LogP) is 7.45. The molecule has 2 heterocycles. The summed E-state index contributed by atoms with van der Waals surface area (Å²) in [6, 6.07) is 61.2. The van der Waals surface area contributed by atoms with Gasteiger partial charge in [-0.1, -0.05) is 140 Å². The average Bonchev–Trinajstić information content (AvgIpc) is 3.14. The highest BCUT2D eigenvalue weighted by Crippen LogP contribution is 2.45. The molecule has 216 valence electrons. The summed E-state index contributed by atoms with van der Waals surface area (Å²) < 4.78 is 0. The fourth-order valence-corrected chi connectivity index (χ4v) is 12.3. The Morgan fingerprint density at radius 2 is 0.913 bits per heavy atom. The van der Waals surface area contributed by atoms with Gasteiger partial charge in [-0.05, 0) is 56.1 Å². The van der Waals surface area contributed by atoms with Crippen LogP contribution in [0.4, 0.5) is 17.1 Å². The Hall–Kier alpha value is -6.02. The number of pyridine rings is 1. The number of rotatable bonds is 5. The van der Waals surface area contributed by atoms with Crippen molar-refractivity contribution in [2.75, 3.05) is 4.90 Å². The standard InChI is InChI=1S/C42H29N3Si/c43-29-31-27-28-44-30-37(31)35-20-8-7-19-34(35)36-21-9-10-22-38(36)45-39-23-11-13-25-41(39)46(32-15-3-1-4-16-32,33-17-5-2-6-18-33)42-26-14-12-24-40(42)45/h1-28,30H. The summed E-state index contributed by atoms with van der Waals surface area (Å²) in [5.41, 5.74) is 8.01. The molecular formula is C42H29N3Si. The van der Waals surface area contributed by atoms with E-state index in [-0.39, 0.29) is 0 Å². The lowest BCUT2D eigenvalue weighted by Crippen LogP contribution is -2.77. The van der Waals surface area contributed by atoms with E-state index in [1.54, 1.807) is 18.5 Å². The summed E-state index contributed by atoms with van der Waals surface area (Å²) in [7, 11) is -2.71. The maximum absolute atomic E-state index is 9.97. The second-order valence-corrected chi connectivity index (χ2v) is 15.2. The average molecular weight is 604 g/mol. The third-order valence-electron chi connectivity index (χ3n) is 9.11. The lowest BCUT2D eigenvalue weighted by atomic mass is 9.92. The molecule has 0 radical (unpaired) electrons. The molecule has 0 unspecified atom stereocenters. The maximum atomic E-state index is 9.97. The molecule has 0 bridgehead atoms. The summed E-state index contributed by atoms with van der Waals surface area (Å²) in [6.07, 6.45) is 3.47. The SMILES string of the molecule is N#Cc1ccncc1-c1ccccc1-c1ccccc1N1c2ccccc2[Si](c2ccccc2)(c2ccccc2)c2ccccc21. The van der Waals surface area contributed by atoms with Gasteiger partial charge in [0.15, 0.2) is 8.07 Å². The van der Waals surface area contributed by atoms with E-state index in [2.05, 4.69) is 168 Å². The zero-order valence-corrected chi connectivity index (χ0v) is 26.1. The van der Waals surface area contributed by atoms with Crippen LogP contribution in [-0.2, 0) is 0 Å². The van der Waals surface area contributed by atoms with Crippen molar-refractivity contribution in [1.82, 2.24) is 4.98 Å². The fourth-order valence-electron chi connectivity index (χ4n) is 7.23. The van der Waals surface area contributed by atoms with Crippen molar-refractivity contribution in [1.29, 1.82) is 5.26 Å². The number of hydrogen-bond acceptors (Lipinski definition) is 3. The van der Waals surface area contributed by atoms with E-state index in [0.717, 1.165) is 27.9 Å². The molecule has 4 heteroatoms. The third kappa shape index (κ3) is 4.22. The molecule has 0 fully saturated rings. The van der Waals surface area contributed by atoms with Gasteiger partial charge in [0.05, 0.1) is 17.3 Å². The van der Waals surface area contributed by atoms with E-state index in [9.17, 15) is 5.26 Å². The molecule has 1 aliphatic rings. The number of para-hydroxylation sites is 3. The van der Waals surface area contributed by atoms with Crippen LogP contribution in [0.15, 0.2) is 176 Å². The van der Waals surface area contributed by atoms with Gasteiger partial charge in [-0.2, -0.15) is 5.26 Å².